The summed E-state index contributed by atoms with van der Waals surface area (Å²) in [5.74, 6) is -0.183. The Morgan fingerprint density at radius 3 is 2.19 bits per heavy atom. The number of carbonyl (C=O) groups excluding carboxylic acids is 2. The van der Waals surface area contributed by atoms with Crippen LogP contribution < -0.4 is 5.32 Å². The van der Waals surface area contributed by atoms with Crippen LogP contribution in [0.4, 0.5) is 14.9 Å². The molecule has 0 bridgehead atoms. The highest BCUT2D eigenvalue weighted by Crippen LogP contribution is 2.49. The summed E-state index contributed by atoms with van der Waals surface area (Å²) in [6.45, 7) is 3.79. The summed E-state index contributed by atoms with van der Waals surface area (Å²) in [7, 11) is 1.42. The fraction of sp³-hybridized carbons (Fsp3) is 0.241. The molecule has 2 heterocycles. The number of ether oxygens (including phenoxy) is 2. The lowest BCUT2D eigenvalue weighted by Crippen LogP contribution is -2.21. The van der Waals surface area contributed by atoms with Crippen molar-refractivity contribution < 1.29 is 23.5 Å². The van der Waals surface area contributed by atoms with Gasteiger partial charge in [-0.05, 0) is 65.3 Å². The van der Waals surface area contributed by atoms with Gasteiger partial charge in [0.1, 0.15) is 6.10 Å². The van der Waals surface area contributed by atoms with E-state index in [1.54, 1.807) is 11.3 Å². The van der Waals surface area contributed by atoms with Crippen molar-refractivity contribution in [3.05, 3.63) is 87.2 Å². The molecule has 0 unspecified atom stereocenters. The first-order chi connectivity index (χ1) is 17.8. The molecule has 5 nitrogen and oxygen atoms in total. The number of hydrogen-bond acceptors (Lipinski definition) is 6. The first-order valence-electron chi connectivity index (χ1n) is 11.9. The monoisotopic (exact) mass is 535 g/mol. The molecule has 1 atom stereocenters. The third-order valence-corrected chi connectivity index (χ3v) is 8.65. The Hall–Kier alpha value is -3.49. The van der Waals surface area contributed by atoms with E-state index < -0.39 is 22.7 Å². The van der Waals surface area contributed by atoms with Gasteiger partial charge in [0, 0.05) is 11.6 Å². The van der Waals surface area contributed by atoms with Gasteiger partial charge in [0.15, 0.2) is 5.13 Å². The van der Waals surface area contributed by atoms with E-state index in [1.807, 2.05) is 73.1 Å². The first kappa shape index (κ1) is 25.2. The molecule has 0 saturated heterocycles. The fourth-order valence-electron chi connectivity index (χ4n) is 4.55. The number of anilines is 1. The Kier molecular flexibility index (Phi) is 6.88. The van der Waals surface area contributed by atoms with E-state index in [0.29, 0.717) is 10.6 Å². The molecule has 2 aromatic carbocycles. The summed E-state index contributed by atoms with van der Waals surface area (Å²) in [4.78, 5) is 25.3. The zero-order valence-corrected chi connectivity index (χ0v) is 22.3. The third-order valence-electron chi connectivity index (χ3n) is 6.80. The smallest absolute Gasteiger partial charge is 0.412 e. The molecule has 0 aliphatic heterocycles. The molecular formula is C29H26FNO4S2. The van der Waals surface area contributed by atoms with Crippen molar-refractivity contribution >= 4 is 40.4 Å². The van der Waals surface area contributed by atoms with Crippen molar-refractivity contribution in [3.63, 3.8) is 0 Å². The lowest BCUT2D eigenvalue weighted by Gasteiger charge is -2.14. The van der Waals surface area contributed by atoms with E-state index in [9.17, 15) is 14.0 Å². The van der Waals surface area contributed by atoms with Gasteiger partial charge in [-0.25, -0.2) is 4.79 Å². The maximum atomic E-state index is 14.2. The molecule has 0 spiro atoms. The van der Waals surface area contributed by atoms with Crippen LogP contribution in [0.1, 0.15) is 42.6 Å². The molecule has 1 saturated carbocycles. The average Bonchev–Trinajstić information content (AvgIpc) is 3.47. The zero-order valence-electron chi connectivity index (χ0n) is 20.7. The molecule has 0 radical (unpaired) electrons. The van der Waals surface area contributed by atoms with Gasteiger partial charge in [0.2, 0.25) is 0 Å². The average molecular weight is 536 g/mol. The number of rotatable bonds is 7. The maximum absolute atomic E-state index is 14.2. The normalized spacial score (nSPS) is 14.6. The van der Waals surface area contributed by atoms with Crippen molar-refractivity contribution in [2.24, 2.45) is 0 Å². The zero-order chi connectivity index (χ0) is 26.2. The Labute approximate surface area is 222 Å². The summed E-state index contributed by atoms with van der Waals surface area (Å²) in [5.41, 5.74) is 5.66. The first-order valence-corrected chi connectivity index (χ1v) is 13.7. The Bertz CT molecular complexity index is 1440. The van der Waals surface area contributed by atoms with Crippen molar-refractivity contribution in [1.82, 2.24) is 0 Å². The number of esters is 1. The number of halogens is 1. The molecule has 2 aromatic heterocycles. The molecular weight excluding hydrogens is 509 g/mol. The van der Waals surface area contributed by atoms with E-state index in [-0.39, 0.29) is 5.97 Å². The molecule has 1 aliphatic carbocycles. The molecule has 8 heteroatoms. The second kappa shape index (κ2) is 10.1. The molecule has 37 heavy (non-hydrogen) atoms. The Morgan fingerprint density at radius 2 is 1.62 bits per heavy atom. The van der Waals surface area contributed by atoms with E-state index in [4.69, 9.17) is 9.47 Å². The number of thiophene rings is 2. The highest BCUT2D eigenvalue weighted by atomic mass is 32.1. The Balaban J connectivity index is 1.30. The predicted octanol–water partition coefficient (Wildman–Crippen LogP) is 8.11. The quantitative estimate of drug-likeness (QED) is 0.243. The molecule has 1 amide bonds. The van der Waals surface area contributed by atoms with Crippen LogP contribution in [0.5, 0.6) is 0 Å². The molecule has 5 rings (SSSR count). The highest BCUT2D eigenvalue weighted by molar-refractivity contribution is 7.14. The molecule has 1 fully saturated rings. The minimum atomic E-state index is -0.630. The molecule has 1 N–H and O–H groups in total. The van der Waals surface area contributed by atoms with Gasteiger partial charge in [-0.1, -0.05) is 48.5 Å². The second-order valence-electron chi connectivity index (χ2n) is 9.20. The number of hydrogen-bond donors (Lipinski definition) is 1. The standard InChI is InChI=1S/C29H26FNO4S2/c1-17-15-36-16-23(17)18(2)35-28(33)31-24-14-25(30)37-26(24)21-6-4-19(5-7-21)20-8-10-22(11-9-20)29(12-13-29)27(32)34-3/h4-11,14-16,18H,12-13H2,1-3H3,(H,31,33)/t18-/m1/s1. The summed E-state index contributed by atoms with van der Waals surface area (Å²) >= 11 is 2.52. The molecule has 4 aromatic rings. The fourth-order valence-corrected chi connectivity index (χ4v) is 6.32. The molecule has 190 valence electrons. The minimum Gasteiger partial charge on any atom is -0.468 e. The van der Waals surface area contributed by atoms with E-state index in [1.165, 1.54) is 13.2 Å². The van der Waals surface area contributed by atoms with E-state index >= 15 is 0 Å². The van der Waals surface area contributed by atoms with E-state index in [0.717, 1.165) is 57.6 Å². The lowest BCUT2D eigenvalue weighted by molar-refractivity contribution is -0.143. The number of carbonyl (C=O) groups is 2. The topological polar surface area (TPSA) is 64.6 Å². The maximum Gasteiger partial charge on any atom is 0.412 e. The molecule has 1 aliphatic rings. The Morgan fingerprint density at radius 1 is 1.00 bits per heavy atom. The minimum absolute atomic E-state index is 0.183. The van der Waals surface area contributed by atoms with Gasteiger partial charge < -0.3 is 9.47 Å². The van der Waals surface area contributed by atoms with Crippen LogP contribution in [0, 0.1) is 12.1 Å². The lowest BCUT2D eigenvalue weighted by atomic mass is 9.93. The summed E-state index contributed by atoms with van der Waals surface area (Å²) in [6, 6.07) is 17.0. The number of amides is 1. The van der Waals surface area contributed by atoms with Crippen molar-refractivity contribution in [2.45, 2.75) is 38.2 Å². The number of aryl methyl sites for hydroxylation is 1. The van der Waals surface area contributed by atoms with E-state index in [2.05, 4.69) is 5.32 Å². The summed E-state index contributed by atoms with van der Waals surface area (Å²) < 4.78 is 24.7. The van der Waals surface area contributed by atoms with Gasteiger partial charge in [-0.3, -0.25) is 10.1 Å². The van der Waals surface area contributed by atoms with Crippen LogP contribution in [0.25, 0.3) is 21.6 Å². The third kappa shape index (κ3) is 5.04. The highest BCUT2D eigenvalue weighted by Gasteiger charge is 2.52. The van der Waals surface area contributed by atoms with Gasteiger partial charge in [0.25, 0.3) is 0 Å². The van der Waals surface area contributed by atoms with Crippen LogP contribution in [0.15, 0.2) is 65.4 Å². The van der Waals surface area contributed by atoms with Gasteiger partial charge in [-0.2, -0.15) is 15.7 Å². The van der Waals surface area contributed by atoms with Gasteiger partial charge >= 0.3 is 12.1 Å². The number of nitrogens with one attached hydrogen (secondary N) is 1. The van der Waals surface area contributed by atoms with Crippen molar-refractivity contribution in [2.75, 3.05) is 12.4 Å². The van der Waals surface area contributed by atoms with Gasteiger partial charge in [-0.15, -0.1) is 11.3 Å². The van der Waals surface area contributed by atoms with Crippen molar-refractivity contribution in [1.29, 1.82) is 0 Å². The van der Waals surface area contributed by atoms with Crippen LogP contribution in [-0.4, -0.2) is 19.2 Å². The van der Waals surface area contributed by atoms with Crippen molar-refractivity contribution in [3.8, 4) is 21.6 Å². The van der Waals surface area contributed by atoms with Crippen LogP contribution in [-0.2, 0) is 19.7 Å². The van der Waals surface area contributed by atoms with Gasteiger partial charge in [0.05, 0.1) is 23.1 Å². The summed E-state index contributed by atoms with van der Waals surface area (Å²) in [6.07, 6.45) is 0.573. The largest absolute Gasteiger partial charge is 0.468 e. The van der Waals surface area contributed by atoms with Crippen LogP contribution >= 0.6 is 22.7 Å². The number of benzene rings is 2. The van der Waals surface area contributed by atoms with Crippen LogP contribution in [0.3, 0.4) is 0 Å². The van der Waals surface area contributed by atoms with Crippen LogP contribution in [0.2, 0.25) is 0 Å². The predicted molar refractivity (Wildman–Crippen MR) is 146 cm³/mol. The summed E-state index contributed by atoms with van der Waals surface area (Å²) in [5, 5.41) is 6.27. The second-order valence-corrected chi connectivity index (χ2v) is 11.0. The SMILES string of the molecule is COC(=O)C1(c2ccc(-c3ccc(-c4sc(F)cc4NC(=O)O[C@H](C)c4cscc4C)cc3)cc2)CC1. The number of methoxy groups -OCH3 is 1.